The number of methoxy groups -OCH3 is 2. The monoisotopic (exact) mass is 486 g/mol. The number of carbonyl (C=O) groups is 4. The molecule has 3 rings (SSSR count). The maximum atomic E-state index is 13.4. The van der Waals surface area contributed by atoms with Crippen LogP contribution < -0.4 is 20.7 Å². The quantitative estimate of drug-likeness (QED) is 0.485. The Bertz CT molecular complexity index is 1050. The van der Waals surface area contributed by atoms with E-state index in [0.29, 0.717) is 17.9 Å². The molecule has 4 amide bonds. The molecule has 2 heterocycles. The Morgan fingerprint density at radius 1 is 1.11 bits per heavy atom. The van der Waals surface area contributed by atoms with Gasteiger partial charge in [0.05, 0.1) is 26.5 Å². The average molecular weight is 487 g/mol. The third kappa shape index (κ3) is 6.11. The van der Waals surface area contributed by atoms with Crippen molar-refractivity contribution in [3.8, 4) is 5.75 Å². The van der Waals surface area contributed by atoms with Crippen molar-refractivity contribution in [3.63, 3.8) is 0 Å². The van der Waals surface area contributed by atoms with Gasteiger partial charge >= 0.3 is 12.0 Å². The number of esters is 1. The molecule has 0 aliphatic carbocycles. The molecule has 188 valence electrons. The lowest BCUT2D eigenvalue weighted by atomic mass is 10.0. The molecule has 1 fully saturated rings. The van der Waals surface area contributed by atoms with E-state index in [1.54, 1.807) is 44.2 Å². The van der Waals surface area contributed by atoms with Crippen LogP contribution in [0.15, 0.2) is 47.1 Å². The lowest BCUT2D eigenvalue weighted by Gasteiger charge is -2.29. The molecule has 3 atom stereocenters. The lowest BCUT2D eigenvalue weighted by molar-refractivity contribution is -0.146. The summed E-state index contributed by atoms with van der Waals surface area (Å²) in [5.41, 5.74) is 0.495. The number of nitrogens with zero attached hydrogens (tertiary/aromatic N) is 1. The van der Waals surface area contributed by atoms with Gasteiger partial charge in [0, 0.05) is 18.3 Å². The molecule has 3 N–H and O–H groups in total. The molecule has 1 aromatic heterocycles. The Kier molecular flexibility index (Phi) is 8.34. The summed E-state index contributed by atoms with van der Waals surface area (Å²) in [5, 5.41) is 8.16. The van der Waals surface area contributed by atoms with Gasteiger partial charge in [-0.05, 0) is 36.6 Å². The van der Waals surface area contributed by atoms with E-state index in [0.717, 1.165) is 0 Å². The number of benzene rings is 1. The molecule has 11 nitrogen and oxygen atoms in total. The van der Waals surface area contributed by atoms with E-state index in [1.807, 2.05) is 0 Å². The SMILES string of the molecule is COC(=O)C(NC(=O)C1C(NC(=O)Nc2cccc(OC)c2)CCN1C(=O)c1ccco1)C(C)C. The molecule has 1 aromatic carbocycles. The van der Waals surface area contributed by atoms with Crippen LogP contribution in [0.4, 0.5) is 10.5 Å². The van der Waals surface area contributed by atoms with Crippen molar-refractivity contribution < 1.29 is 33.1 Å². The van der Waals surface area contributed by atoms with Crippen LogP contribution in [-0.4, -0.2) is 67.6 Å². The molecule has 3 unspecified atom stereocenters. The zero-order valence-corrected chi connectivity index (χ0v) is 20.1. The number of hydrogen-bond donors (Lipinski definition) is 3. The van der Waals surface area contributed by atoms with Gasteiger partial charge < -0.3 is 34.7 Å². The van der Waals surface area contributed by atoms with Crippen LogP contribution >= 0.6 is 0 Å². The molecular weight excluding hydrogens is 456 g/mol. The van der Waals surface area contributed by atoms with Crippen molar-refractivity contribution in [3.05, 3.63) is 48.4 Å². The Hall–Kier alpha value is -4.02. The standard InChI is InChI=1S/C24H30N4O7/c1-14(2)19(23(31)34-4)27-21(29)20-17(10-11-28(20)22(30)18-9-6-12-35-18)26-24(32)25-15-7-5-8-16(13-15)33-3/h5-9,12-14,17,19-20H,10-11H2,1-4H3,(H,27,29)(H2,25,26,32). The second-order valence-electron chi connectivity index (χ2n) is 8.40. The number of urea groups is 1. The van der Waals surface area contributed by atoms with Crippen LogP contribution in [0.3, 0.4) is 0 Å². The van der Waals surface area contributed by atoms with Crippen molar-refractivity contribution in [1.29, 1.82) is 0 Å². The Morgan fingerprint density at radius 2 is 1.89 bits per heavy atom. The van der Waals surface area contributed by atoms with Crippen LogP contribution in [0.2, 0.25) is 0 Å². The highest BCUT2D eigenvalue weighted by atomic mass is 16.5. The van der Waals surface area contributed by atoms with Gasteiger partial charge in [0.1, 0.15) is 17.8 Å². The molecular formula is C24H30N4O7. The van der Waals surface area contributed by atoms with Gasteiger partial charge in [0.2, 0.25) is 5.91 Å². The number of amides is 4. The third-order valence-electron chi connectivity index (χ3n) is 5.72. The summed E-state index contributed by atoms with van der Waals surface area (Å²) in [6.07, 6.45) is 1.68. The lowest BCUT2D eigenvalue weighted by Crippen LogP contribution is -2.58. The van der Waals surface area contributed by atoms with Gasteiger partial charge in [-0.3, -0.25) is 9.59 Å². The van der Waals surface area contributed by atoms with Crippen LogP contribution in [-0.2, 0) is 14.3 Å². The normalized spacial score (nSPS) is 18.0. The summed E-state index contributed by atoms with van der Waals surface area (Å²) in [6.45, 7) is 3.73. The predicted molar refractivity (Wildman–Crippen MR) is 126 cm³/mol. The minimum atomic E-state index is -1.07. The number of rotatable bonds is 8. The molecule has 1 saturated heterocycles. The predicted octanol–water partition coefficient (Wildman–Crippen LogP) is 2.01. The Balaban J connectivity index is 1.80. The smallest absolute Gasteiger partial charge is 0.328 e. The van der Waals surface area contributed by atoms with Crippen molar-refractivity contribution in [1.82, 2.24) is 15.5 Å². The minimum absolute atomic E-state index is 0.0673. The number of hydrogen-bond acceptors (Lipinski definition) is 7. The largest absolute Gasteiger partial charge is 0.497 e. The van der Waals surface area contributed by atoms with Crippen molar-refractivity contribution in [2.75, 3.05) is 26.1 Å². The van der Waals surface area contributed by atoms with E-state index in [4.69, 9.17) is 13.9 Å². The Morgan fingerprint density at radius 3 is 2.51 bits per heavy atom. The highest BCUT2D eigenvalue weighted by molar-refractivity contribution is 5.98. The van der Waals surface area contributed by atoms with Crippen LogP contribution in [0.5, 0.6) is 5.75 Å². The number of furan rings is 1. The van der Waals surface area contributed by atoms with E-state index in [-0.39, 0.29) is 18.2 Å². The van der Waals surface area contributed by atoms with Crippen molar-refractivity contribution in [2.45, 2.75) is 38.4 Å². The molecule has 0 spiro atoms. The second-order valence-corrected chi connectivity index (χ2v) is 8.40. The fraction of sp³-hybridized carbons (Fsp3) is 0.417. The van der Waals surface area contributed by atoms with Crippen molar-refractivity contribution in [2.24, 2.45) is 5.92 Å². The van der Waals surface area contributed by atoms with E-state index in [2.05, 4.69) is 16.0 Å². The van der Waals surface area contributed by atoms with Gasteiger partial charge in [-0.1, -0.05) is 19.9 Å². The summed E-state index contributed by atoms with van der Waals surface area (Å²) in [7, 11) is 2.75. The number of nitrogens with one attached hydrogen (secondary N) is 3. The van der Waals surface area contributed by atoms with Crippen LogP contribution in [0, 0.1) is 5.92 Å². The fourth-order valence-electron chi connectivity index (χ4n) is 3.94. The first-order chi connectivity index (χ1) is 16.7. The molecule has 0 radical (unpaired) electrons. The van der Waals surface area contributed by atoms with Gasteiger partial charge in [-0.25, -0.2) is 9.59 Å². The van der Waals surface area contributed by atoms with Gasteiger partial charge in [0.15, 0.2) is 5.76 Å². The Labute approximate surface area is 203 Å². The maximum absolute atomic E-state index is 13.4. The van der Waals surface area contributed by atoms with Crippen molar-refractivity contribution >= 4 is 29.5 Å². The van der Waals surface area contributed by atoms with E-state index in [9.17, 15) is 19.2 Å². The van der Waals surface area contributed by atoms with Gasteiger partial charge in [0.25, 0.3) is 5.91 Å². The topological polar surface area (TPSA) is 139 Å². The first-order valence-electron chi connectivity index (χ1n) is 11.2. The molecule has 1 aliphatic rings. The van der Waals surface area contributed by atoms with E-state index in [1.165, 1.54) is 31.4 Å². The summed E-state index contributed by atoms with van der Waals surface area (Å²) < 4.78 is 15.2. The van der Waals surface area contributed by atoms with Gasteiger partial charge in [-0.15, -0.1) is 0 Å². The summed E-state index contributed by atoms with van der Waals surface area (Å²) >= 11 is 0. The second kappa shape index (κ2) is 11.4. The maximum Gasteiger partial charge on any atom is 0.328 e. The molecule has 2 aromatic rings. The highest BCUT2D eigenvalue weighted by Crippen LogP contribution is 2.23. The average Bonchev–Trinajstić information content (AvgIpc) is 3.52. The summed E-state index contributed by atoms with van der Waals surface area (Å²) in [6, 6.07) is 6.61. The summed E-state index contributed by atoms with van der Waals surface area (Å²) in [4.78, 5) is 52.7. The molecule has 0 saturated carbocycles. The first-order valence-corrected chi connectivity index (χ1v) is 11.2. The first kappa shape index (κ1) is 25.6. The number of anilines is 1. The number of ether oxygens (including phenoxy) is 2. The zero-order chi connectivity index (χ0) is 25.5. The minimum Gasteiger partial charge on any atom is -0.497 e. The van der Waals surface area contributed by atoms with E-state index < -0.39 is 41.9 Å². The van der Waals surface area contributed by atoms with Gasteiger partial charge in [-0.2, -0.15) is 0 Å². The summed E-state index contributed by atoms with van der Waals surface area (Å²) in [5.74, 6) is -1.30. The highest BCUT2D eigenvalue weighted by Gasteiger charge is 2.44. The van der Waals surface area contributed by atoms with E-state index >= 15 is 0 Å². The molecule has 35 heavy (non-hydrogen) atoms. The number of carbonyl (C=O) groups excluding carboxylic acids is 4. The molecule has 0 bridgehead atoms. The fourth-order valence-corrected chi connectivity index (χ4v) is 3.94. The zero-order valence-electron chi connectivity index (χ0n) is 20.1. The third-order valence-corrected chi connectivity index (χ3v) is 5.72. The van der Waals surface area contributed by atoms with Crippen LogP contribution in [0.25, 0.3) is 0 Å². The van der Waals surface area contributed by atoms with Crippen LogP contribution in [0.1, 0.15) is 30.8 Å². The molecule has 1 aliphatic heterocycles. The molecule has 11 heteroatoms. The number of likely N-dealkylation sites (tertiary alicyclic amines) is 1.